The zero-order valence-corrected chi connectivity index (χ0v) is 11.8. The third-order valence-electron chi connectivity index (χ3n) is 2.12. The first kappa shape index (κ1) is 15.1. The van der Waals surface area contributed by atoms with E-state index in [1.165, 1.54) is 20.0 Å². The molecule has 0 spiro atoms. The lowest BCUT2D eigenvalue weighted by atomic mass is 10.4. The molecule has 1 aromatic rings. The van der Waals surface area contributed by atoms with Crippen LogP contribution in [0.2, 0.25) is 0 Å². The number of hydrogen-bond acceptors (Lipinski definition) is 5. The lowest BCUT2D eigenvalue weighted by molar-refractivity contribution is -0.121. The van der Waals surface area contributed by atoms with Crippen molar-refractivity contribution in [3.8, 4) is 0 Å². The Morgan fingerprint density at radius 2 is 2.28 bits per heavy atom. The number of rotatable bonds is 6. The summed E-state index contributed by atoms with van der Waals surface area (Å²) in [4.78, 5) is 11.4. The van der Waals surface area contributed by atoms with Crippen LogP contribution in [0, 0.1) is 0 Å². The summed E-state index contributed by atoms with van der Waals surface area (Å²) in [6.45, 7) is 1.37. The average molecular weight is 292 g/mol. The first-order chi connectivity index (χ1) is 8.34. The lowest BCUT2D eigenvalue weighted by Crippen LogP contribution is -2.40. The van der Waals surface area contributed by atoms with Gasteiger partial charge in [-0.2, -0.15) is 4.31 Å². The zero-order valence-electron chi connectivity index (χ0n) is 10.2. The molecule has 1 atom stereocenters. The topological polar surface area (TPSA) is 86.7 Å². The van der Waals surface area contributed by atoms with Crippen molar-refractivity contribution in [3.05, 3.63) is 17.5 Å². The lowest BCUT2D eigenvalue weighted by Gasteiger charge is -2.16. The number of carbonyl (C=O) groups excluding carboxylic acids is 1. The molecule has 0 saturated carbocycles. The van der Waals surface area contributed by atoms with Gasteiger partial charge in [0.2, 0.25) is 5.91 Å². The number of nitrogens with zero attached hydrogens (tertiary/aromatic N) is 1. The third-order valence-corrected chi connectivity index (χ3v) is 5.30. The second-order valence-electron chi connectivity index (χ2n) is 3.85. The summed E-state index contributed by atoms with van der Waals surface area (Å²) in [5, 5.41) is 13.1. The summed E-state index contributed by atoms with van der Waals surface area (Å²) in [6, 6.07) is 3.13. The Bertz CT molecular complexity index is 482. The Balaban J connectivity index is 2.60. The molecule has 8 heteroatoms. The van der Waals surface area contributed by atoms with Gasteiger partial charge >= 0.3 is 0 Å². The van der Waals surface area contributed by atoms with Crippen molar-refractivity contribution in [2.24, 2.45) is 0 Å². The van der Waals surface area contributed by atoms with Crippen LogP contribution in [0.1, 0.15) is 6.92 Å². The second kappa shape index (κ2) is 6.28. The molecule has 0 unspecified atom stereocenters. The molecule has 0 aliphatic rings. The van der Waals surface area contributed by atoms with E-state index < -0.39 is 22.0 Å². The van der Waals surface area contributed by atoms with Crippen LogP contribution < -0.4 is 5.32 Å². The average Bonchev–Trinajstić information content (AvgIpc) is 2.80. The number of carbonyl (C=O) groups is 1. The number of amides is 1. The fraction of sp³-hybridized carbons (Fsp3) is 0.500. The van der Waals surface area contributed by atoms with Crippen LogP contribution in [-0.2, 0) is 14.8 Å². The van der Waals surface area contributed by atoms with Crippen LogP contribution in [0.25, 0.3) is 0 Å². The molecule has 0 aliphatic heterocycles. The molecule has 0 aromatic carbocycles. The molecule has 0 aliphatic carbocycles. The maximum absolute atomic E-state index is 12.0. The van der Waals surface area contributed by atoms with Crippen LogP contribution in [0.5, 0.6) is 0 Å². The quantitative estimate of drug-likeness (QED) is 0.764. The molecule has 1 heterocycles. The van der Waals surface area contributed by atoms with Crippen molar-refractivity contribution in [1.29, 1.82) is 0 Å². The van der Waals surface area contributed by atoms with Crippen LogP contribution >= 0.6 is 11.3 Å². The van der Waals surface area contributed by atoms with Crippen molar-refractivity contribution in [3.63, 3.8) is 0 Å². The first-order valence-corrected chi connectivity index (χ1v) is 7.60. The summed E-state index contributed by atoms with van der Waals surface area (Å²) in [5.41, 5.74) is 0. The molecule has 1 rings (SSSR count). The second-order valence-corrected chi connectivity index (χ2v) is 7.07. The highest BCUT2D eigenvalue weighted by atomic mass is 32.2. The van der Waals surface area contributed by atoms with Gasteiger partial charge in [-0.3, -0.25) is 4.79 Å². The van der Waals surface area contributed by atoms with Crippen LogP contribution in [0.4, 0.5) is 0 Å². The number of thiophene rings is 1. The van der Waals surface area contributed by atoms with Gasteiger partial charge < -0.3 is 10.4 Å². The van der Waals surface area contributed by atoms with Gasteiger partial charge in [0.05, 0.1) is 12.6 Å². The maximum Gasteiger partial charge on any atom is 0.252 e. The van der Waals surface area contributed by atoms with Crippen molar-refractivity contribution in [2.75, 3.05) is 20.1 Å². The molecule has 2 N–H and O–H groups in total. The Hall–Kier alpha value is -0.960. The fourth-order valence-electron chi connectivity index (χ4n) is 1.17. The van der Waals surface area contributed by atoms with Crippen molar-refractivity contribution in [2.45, 2.75) is 17.2 Å². The SMILES string of the molecule is C[C@H](O)CNC(=O)CN(C)S(=O)(=O)c1cccs1. The minimum atomic E-state index is -3.60. The third kappa shape index (κ3) is 4.05. The summed E-state index contributed by atoms with van der Waals surface area (Å²) in [6.07, 6.45) is -0.659. The number of aliphatic hydroxyl groups is 1. The summed E-state index contributed by atoms with van der Waals surface area (Å²) in [7, 11) is -2.26. The van der Waals surface area contributed by atoms with Crippen molar-refractivity contribution in [1.82, 2.24) is 9.62 Å². The molecule has 6 nitrogen and oxygen atoms in total. The van der Waals surface area contributed by atoms with Gasteiger partial charge in [-0.1, -0.05) is 6.07 Å². The maximum atomic E-state index is 12.0. The van der Waals surface area contributed by atoms with Gasteiger partial charge in [0.25, 0.3) is 10.0 Å². The highest BCUT2D eigenvalue weighted by Crippen LogP contribution is 2.19. The Kier molecular flexibility index (Phi) is 5.27. The predicted molar refractivity (Wildman–Crippen MR) is 68.8 cm³/mol. The molecule has 18 heavy (non-hydrogen) atoms. The minimum Gasteiger partial charge on any atom is -0.392 e. The van der Waals surface area contributed by atoms with E-state index in [0.717, 1.165) is 15.6 Å². The molecule has 1 amide bonds. The van der Waals surface area contributed by atoms with Gasteiger partial charge in [0.15, 0.2) is 0 Å². The van der Waals surface area contributed by atoms with E-state index in [2.05, 4.69) is 5.32 Å². The molecule has 0 fully saturated rings. The largest absolute Gasteiger partial charge is 0.392 e. The Labute approximate surface area is 110 Å². The fourth-order valence-corrected chi connectivity index (χ4v) is 3.50. The molecule has 1 aromatic heterocycles. The number of aliphatic hydroxyl groups excluding tert-OH is 1. The minimum absolute atomic E-state index is 0.103. The molecule has 102 valence electrons. The molecule has 0 radical (unpaired) electrons. The van der Waals surface area contributed by atoms with Gasteiger partial charge in [-0.25, -0.2) is 8.42 Å². The van der Waals surface area contributed by atoms with E-state index in [4.69, 9.17) is 5.11 Å². The standard InChI is InChI=1S/C10H16N2O4S2/c1-8(13)6-11-9(14)7-12(2)18(15,16)10-4-3-5-17-10/h3-5,8,13H,6-7H2,1-2H3,(H,11,14)/t8-/m0/s1. The summed E-state index contributed by atoms with van der Waals surface area (Å²) in [5.74, 6) is -0.446. The zero-order chi connectivity index (χ0) is 13.8. The van der Waals surface area contributed by atoms with E-state index >= 15 is 0 Å². The van der Waals surface area contributed by atoms with Crippen LogP contribution in [0.3, 0.4) is 0 Å². The van der Waals surface area contributed by atoms with Crippen molar-refractivity contribution >= 4 is 27.3 Å². The van der Waals surface area contributed by atoms with E-state index in [0.29, 0.717) is 0 Å². The van der Waals surface area contributed by atoms with E-state index in [-0.39, 0.29) is 17.3 Å². The Morgan fingerprint density at radius 1 is 1.61 bits per heavy atom. The van der Waals surface area contributed by atoms with E-state index in [9.17, 15) is 13.2 Å². The monoisotopic (exact) mass is 292 g/mol. The van der Waals surface area contributed by atoms with Gasteiger partial charge in [0.1, 0.15) is 4.21 Å². The number of hydrogen-bond donors (Lipinski definition) is 2. The highest BCUT2D eigenvalue weighted by molar-refractivity contribution is 7.91. The highest BCUT2D eigenvalue weighted by Gasteiger charge is 2.23. The number of likely N-dealkylation sites (N-methyl/N-ethyl adjacent to an activating group) is 1. The molecule has 0 bridgehead atoms. The van der Waals surface area contributed by atoms with Gasteiger partial charge in [-0.15, -0.1) is 11.3 Å². The normalized spacial score (nSPS) is 13.6. The summed E-state index contributed by atoms with van der Waals surface area (Å²) >= 11 is 1.10. The van der Waals surface area contributed by atoms with Crippen molar-refractivity contribution < 1.29 is 18.3 Å². The molecule has 0 saturated heterocycles. The summed E-state index contributed by atoms with van der Waals surface area (Å²) < 4.78 is 25.1. The smallest absolute Gasteiger partial charge is 0.252 e. The predicted octanol–water partition coefficient (Wildman–Crippen LogP) is -0.134. The van der Waals surface area contributed by atoms with Crippen LogP contribution in [0.15, 0.2) is 21.7 Å². The number of nitrogens with one attached hydrogen (secondary N) is 1. The Morgan fingerprint density at radius 3 is 2.78 bits per heavy atom. The van der Waals surface area contributed by atoms with Gasteiger partial charge in [0, 0.05) is 13.6 Å². The van der Waals surface area contributed by atoms with E-state index in [1.54, 1.807) is 11.4 Å². The van der Waals surface area contributed by atoms with E-state index in [1.807, 2.05) is 0 Å². The van der Waals surface area contributed by atoms with Gasteiger partial charge in [-0.05, 0) is 18.4 Å². The number of sulfonamides is 1. The molecular weight excluding hydrogens is 276 g/mol. The molecular formula is C10H16N2O4S2. The van der Waals surface area contributed by atoms with Crippen LogP contribution in [-0.4, -0.2) is 50.0 Å². The first-order valence-electron chi connectivity index (χ1n) is 5.28.